The van der Waals surface area contributed by atoms with Crippen molar-refractivity contribution in [3.63, 3.8) is 0 Å². The van der Waals surface area contributed by atoms with Crippen LogP contribution >= 0.6 is 46.7 Å². The predicted molar refractivity (Wildman–Crippen MR) is 214 cm³/mol. The summed E-state index contributed by atoms with van der Waals surface area (Å²) in [4.78, 5) is 41.8. The molecule has 264 valence electrons. The van der Waals surface area contributed by atoms with Crippen LogP contribution in [-0.4, -0.2) is 43.3 Å². The van der Waals surface area contributed by atoms with Crippen LogP contribution in [-0.2, 0) is 16.0 Å². The molecule has 0 aliphatic carbocycles. The Bertz CT molecular complexity index is 2100. The summed E-state index contributed by atoms with van der Waals surface area (Å²) in [5.74, 6) is 0.666. The number of aromatic amines is 2. The molecule has 0 spiro atoms. The second kappa shape index (κ2) is 15.7. The number of nitrogens with one attached hydrogen (secondary N) is 4. The molecule has 0 atom stereocenters. The number of benzene rings is 4. The summed E-state index contributed by atoms with van der Waals surface area (Å²) in [5.41, 5.74) is 11.6. The SMILES string of the molecule is Cc1cc(Cc2cc(C)c(NC(=O)CSc3nc4ccc(Cl)cc4[nH]3)c(C(C)C)c2)cc(C(C)C)c1NC(=O)CSc1nc2ccc(Cl)cc2[nH]1. The minimum atomic E-state index is -0.0908. The highest BCUT2D eigenvalue weighted by atomic mass is 35.5. The van der Waals surface area contributed by atoms with Crippen LogP contribution in [0.3, 0.4) is 0 Å². The third kappa shape index (κ3) is 8.92. The fraction of sp³-hybridized carbons (Fsp3) is 0.282. The molecule has 8 nitrogen and oxygen atoms in total. The maximum Gasteiger partial charge on any atom is 0.234 e. The molecule has 0 radical (unpaired) electrons. The van der Waals surface area contributed by atoms with Gasteiger partial charge < -0.3 is 20.6 Å². The molecule has 0 unspecified atom stereocenters. The van der Waals surface area contributed by atoms with Crippen molar-refractivity contribution < 1.29 is 9.59 Å². The van der Waals surface area contributed by atoms with Gasteiger partial charge in [0, 0.05) is 21.4 Å². The largest absolute Gasteiger partial charge is 0.333 e. The molecule has 2 amide bonds. The van der Waals surface area contributed by atoms with E-state index in [9.17, 15) is 9.59 Å². The smallest absolute Gasteiger partial charge is 0.234 e. The lowest BCUT2D eigenvalue weighted by Gasteiger charge is -2.20. The quantitative estimate of drug-likeness (QED) is 0.0924. The van der Waals surface area contributed by atoms with Crippen molar-refractivity contribution in [2.45, 2.75) is 70.1 Å². The molecular weight excluding hydrogens is 720 g/mol. The Morgan fingerprint density at radius 3 is 1.47 bits per heavy atom. The first-order valence-corrected chi connectivity index (χ1v) is 19.5. The summed E-state index contributed by atoms with van der Waals surface area (Å²) in [6.07, 6.45) is 0.724. The summed E-state index contributed by atoms with van der Waals surface area (Å²) in [5, 5.41) is 8.97. The van der Waals surface area contributed by atoms with Crippen LogP contribution in [0, 0.1) is 13.8 Å². The van der Waals surface area contributed by atoms with E-state index in [1.54, 1.807) is 12.1 Å². The molecule has 0 bridgehead atoms. The van der Waals surface area contributed by atoms with Gasteiger partial charge in [-0.2, -0.15) is 0 Å². The highest BCUT2D eigenvalue weighted by Crippen LogP contribution is 2.34. The van der Waals surface area contributed by atoms with Crippen LogP contribution in [0.2, 0.25) is 10.0 Å². The number of aryl methyl sites for hydroxylation is 2. The highest BCUT2D eigenvalue weighted by molar-refractivity contribution is 8.00. The zero-order valence-corrected chi connectivity index (χ0v) is 32.5. The molecule has 0 saturated carbocycles. The van der Waals surface area contributed by atoms with Gasteiger partial charge in [0.1, 0.15) is 0 Å². The zero-order chi connectivity index (χ0) is 36.4. The lowest BCUT2D eigenvalue weighted by Crippen LogP contribution is -2.17. The van der Waals surface area contributed by atoms with Gasteiger partial charge in [0.05, 0.1) is 33.6 Å². The van der Waals surface area contributed by atoms with Gasteiger partial charge in [-0.25, -0.2) is 9.97 Å². The number of H-pyrrole nitrogens is 2. The van der Waals surface area contributed by atoms with Gasteiger partial charge in [-0.05, 0) is 102 Å². The monoisotopic (exact) mass is 758 g/mol. The number of nitrogens with zero attached hydrogens (tertiary/aromatic N) is 2. The van der Waals surface area contributed by atoms with Crippen LogP contribution in [0.5, 0.6) is 0 Å². The summed E-state index contributed by atoms with van der Waals surface area (Å²) >= 11 is 14.9. The van der Waals surface area contributed by atoms with Crippen molar-refractivity contribution in [3.8, 4) is 0 Å². The van der Waals surface area contributed by atoms with E-state index < -0.39 is 0 Å². The third-order valence-electron chi connectivity index (χ3n) is 8.56. The van der Waals surface area contributed by atoms with Gasteiger partial charge >= 0.3 is 0 Å². The Kier molecular flexibility index (Phi) is 11.4. The van der Waals surface area contributed by atoms with E-state index in [1.165, 1.54) is 34.7 Å². The van der Waals surface area contributed by atoms with E-state index in [2.05, 4.69) is 82.5 Å². The molecule has 6 rings (SSSR count). The fourth-order valence-electron chi connectivity index (χ4n) is 6.15. The minimum Gasteiger partial charge on any atom is -0.333 e. The van der Waals surface area contributed by atoms with Crippen LogP contribution < -0.4 is 10.6 Å². The van der Waals surface area contributed by atoms with Gasteiger partial charge in [0.2, 0.25) is 11.8 Å². The predicted octanol–water partition coefficient (Wildman–Crippen LogP) is 10.7. The Morgan fingerprint density at radius 2 is 1.08 bits per heavy atom. The number of anilines is 2. The Morgan fingerprint density at radius 1 is 0.667 bits per heavy atom. The third-order valence-corrected chi connectivity index (χ3v) is 10.8. The number of hydrogen-bond donors (Lipinski definition) is 4. The zero-order valence-electron chi connectivity index (χ0n) is 29.3. The Hall–Kier alpha value is -3.96. The van der Waals surface area contributed by atoms with Gasteiger partial charge in [-0.1, -0.05) is 98.7 Å². The molecule has 4 N–H and O–H groups in total. The number of halogens is 2. The topological polar surface area (TPSA) is 116 Å². The summed E-state index contributed by atoms with van der Waals surface area (Å²) in [7, 11) is 0. The molecule has 0 aliphatic heterocycles. The average Bonchev–Trinajstić information content (AvgIpc) is 3.67. The van der Waals surface area contributed by atoms with Crippen molar-refractivity contribution in [2.24, 2.45) is 0 Å². The average molecular weight is 760 g/mol. The number of hydrogen-bond acceptors (Lipinski definition) is 6. The molecule has 51 heavy (non-hydrogen) atoms. The summed E-state index contributed by atoms with van der Waals surface area (Å²) in [6, 6.07) is 19.7. The second-order valence-corrected chi connectivity index (χ2v) is 16.1. The number of rotatable bonds is 12. The van der Waals surface area contributed by atoms with E-state index >= 15 is 0 Å². The van der Waals surface area contributed by atoms with Crippen LogP contribution in [0.15, 0.2) is 71.0 Å². The van der Waals surface area contributed by atoms with E-state index in [-0.39, 0.29) is 35.2 Å². The number of amides is 2. The standard InChI is InChI=1S/C39H40Cl2N6O2S2/c1-20(2)28-14-24(11-22(5)36(28)46-34(48)18-50-38-42-30-9-7-26(40)16-32(30)44-38)13-25-12-23(6)37(29(15-25)21(3)4)47-35(49)19-51-39-43-31-10-8-27(41)17-33(31)45-39/h7-12,14-17,20-21H,13,18-19H2,1-6H3,(H,42,44)(H,43,45)(H,46,48)(H,47,49). The van der Waals surface area contributed by atoms with Crippen molar-refractivity contribution in [1.29, 1.82) is 0 Å². The van der Waals surface area contributed by atoms with E-state index in [1.807, 2.05) is 38.1 Å². The molecule has 2 aromatic heterocycles. The van der Waals surface area contributed by atoms with Crippen molar-refractivity contribution in [1.82, 2.24) is 19.9 Å². The minimum absolute atomic E-state index is 0.0908. The molecule has 0 fully saturated rings. The molecular formula is C39H40Cl2N6O2S2. The molecule has 2 heterocycles. The molecule has 12 heteroatoms. The van der Waals surface area contributed by atoms with E-state index in [0.717, 1.165) is 62.1 Å². The Balaban J connectivity index is 1.13. The molecule has 6 aromatic rings. The van der Waals surface area contributed by atoms with Gasteiger partial charge in [0.15, 0.2) is 10.3 Å². The lowest BCUT2D eigenvalue weighted by atomic mass is 9.90. The van der Waals surface area contributed by atoms with Crippen LogP contribution in [0.1, 0.15) is 72.9 Å². The maximum absolute atomic E-state index is 13.1. The van der Waals surface area contributed by atoms with Gasteiger partial charge in [-0.15, -0.1) is 0 Å². The molecule has 4 aromatic carbocycles. The highest BCUT2D eigenvalue weighted by Gasteiger charge is 2.18. The fourth-order valence-corrected chi connectivity index (χ4v) is 7.86. The second-order valence-electron chi connectivity index (χ2n) is 13.3. The number of carbonyl (C=O) groups is 2. The summed E-state index contributed by atoms with van der Waals surface area (Å²) in [6.45, 7) is 12.7. The van der Waals surface area contributed by atoms with Crippen LogP contribution in [0.4, 0.5) is 11.4 Å². The van der Waals surface area contributed by atoms with Crippen molar-refractivity contribution in [3.05, 3.63) is 104 Å². The van der Waals surface area contributed by atoms with E-state index in [4.69, 9.17) is 23.2 Å². The molecule has 0 aliphatic rings. The van der Waals surface area contributed by atoms with Crippen LogP contribution in [0.25, 0.3) is 22.1 Å². The maximum atomic E-state index is 13.1. The number of imidazole rings is 2. The summed E-state index contributed by atoms with van der Waals surface area (Å²) < 4.78 is 0. The van der Waals surface area contributed by atoms with Crippen molar-refractivity contribution in [2.75, 3.05) is 22.1 Å². The van der Waals surface area contributed by atoms with Crippen molar-refractivity contribution >= 4 is 92.0 Å². The van der Waals surface area contributed by atoms with Gasteiger partial charge in [0.25, 0.3) is 0 Å². The lowest BCUT2D eigenvalue weighted by molar-refractivity contribution is -0.114. The number of carbonyl (C=O) groups excluding carboxylic acids is 2. The first-order chi connectivity index (χ1) is 24.3. The Labute approximate surface area is 316 Å². The molecule has 0 saturated heterocycles. The number of aromatic nitrogens is 4. The number of fused-ring (bicyclic) bond motifs is 2. The first kappa shape index (κ1) is 36.8. The number of thioether (sulfide) groups is 2. The van der Waals surface area contributed by atoms with Gasteiger partial charge in [-0.3, -0.25) is 9.59 Å². The normalized spacial score (nSPS) is 11.6. The first-order valence-electron chi connectivity index (χ1n) is 16.8. The van der Waals surface area contributed by atoms with E-state index in [0.29, 0.717) is 20.4 Å².